The van der Waals surface area contributed by atoms with Gasteiger partial charge in [-0.2, -0.15) is 13.2 Å². The van der Waals surface area contributed by atoms with Gasteiger partial charge in [-0.3, -0.25) is 24.1 Å². The van der Waals surface area contributed by atoms with Gasteiger partial charge in [-0.05, 0) is 43.9 Å². The zero-order valence-electron chi connectivity index (χ0n) is 19.6. The Kier molecular flexibility index (Phi) is 6.71. The highest BCUT2D eigenvalue weighted by Crippen LogP contribution is 2.30. The van der Waals surface area contributed by atoms with Gasteiger partial charge in [0.2, 0.25) is 5.78 Å². The molecule has 0 saturated heterocycles. The van der Waals surface area contributed by atoms with Gasteiger partial charge in [0.05, 0.1) is 0 Å². The predicted molar refractivity (Wildman–Crippen MR) is 124 cm³/mol. The maximum Gasteiger partial charge on any atom is 0.406 e. The van der Waals surface area contributed by atoms with Crippen molar-refractivity contribution in [2.75, 3.05) is 13.2 Å². The van der Waals surface area contributed by atoms with E-state index in [2.05, 4.69) is 0 Å². The number of esters is 1. The lowest BCUT2D eigenvalue weighted by Crippen LogP contribution is -2.41. The molecule has 0 radical (unpaired) electrons. The number of aromatic nitrogens is 1. The Morgan fingerprint density at radius 2 is 1.58 bits per heavy atom. The van der Waals surface area contributed by atoms with Crippen LogP contribution in [0.15, 0.2) is 42.5 Å². The Bertz CT molecular complexity index is 1340. The van der Waals surface area contributed by atoms with Gasteiger partial charge >= 0.3 is 12.1 Å². The van der Waals surface area contributed by atoms with E-state index in [1.54, 1.807) is 24.3 Å². The summed E-state index contributed by atoms with van der Waals surface area (Å²) in [6, 6.07) is 11.8. The first-order valence-electron chi connectivity index (χ1n) is 11.3. The first-order valence-corrected chi connectivity index (χ1v) is 11.3. The van der Waals surface area contributed by atoms with Crippen LogP contribution >= 0.6 is 0 Å². The van der Waals surface area contributed by atoms with Crippen LogP contribution in [0.5, 0.6) is 0 Å². The molecule has 2 aromatic carbocycles. The Morgan fingerprint density at radius 3 is 2.17 bits per heavy atom. The second-order valence-electron chi connectivity index (χ2n) is 8.64. The Labute approximate surface area is 204 Å². The molecule has 10 heteroatoms. The highest BCUT2D eigenvalue weighted by molar-refractivity contribution is 6.25. The fourth-order valence-corrected chi connectivity index (χ4v) is 4.47. The number of hydrogen-bond donors (Lipinski definition) is 0. The van der Waals surface area contributed by atoms with Crippen molar-refractivity contribution < 1.29 is 37.1 Å². The first kappa shape index (κ1) is 25.2. The van der Waals surface area contributed by atoms with Crippen LogP contribution < -0.4 is 0 Å². The number of nitrogens with zero attached hydrogens (tertiary/aromatic N) is 2. The number of halogens is 3. The summed E-state index contributed by atoms with van der Waals surface area (Å²) in [7, 11) is 0. The van der Waals surface area contributed by atoms with Gasteiger partial charge in [-0.15, -0.1) is 0 Å². The topological polar surface area (TPSA) is 85.7 Å². The summed E-state index contributed by atoms with van der Waals surface area (Å²) in [4.78, 5) is 51.5. The SMILES string of the molecule is Cc1cc(C(=O)COC(=O)CCCN2C(=O)c3cccc4cccc(c34)C2=O)c(C)n1CC(F)(F)F. The summed E-state index contributed by atoms with van der Waals surface area (Å²) >= 11 is 0. The van der Waals surface area contributed by atoms with E-state index in [0.29, 0.717) is 16.5 Å². The second kappa shape index (κ2) is 9.60. The average molecular weight is 500 g/mol. The fourth-order valence-electron chi connectivity index (χ4n) is 4.47. The van der Waals surface area contributed by atoms with Gasteiger partial charge < -0.3 is 9.30 Å². The van der Waals surface area contributed by atoms with Gasteiger partial charge in [-0.1, -0.05) is 24.3 Å². The summed E-state index contributed by atoms with van der Waals surface area (Å²) in [5.74, 6) is -2.22. The molecule has 0 aliphatic carbocycles. The van der Waals surface area contributed by atoms with Crippen LogP contribution in [0.1, 0.15) is 55.3 Å². The number of hydrogen-bond acceptors (Lipinski definition) is 5. The lowest BCUT2D eigenvalue weighted by Gasteiger charge is -2.27. The van der Waals surface area contributed by atoms with Crippen molar-refractivity contribution in [3.63, 3.8) is 0 Å². The number of carbonyl (C=O) groups is 4. The number of imide groups is 1. The van der Waals surface area contributed by atoms with Crippen LogP contribution in [-0.4, -0.2) is 52.4 Å². The standard InChI is InChI=1S/C26H23F3N2O5/c1-15-12-20(16(2)31(15)14-26(27,28)29)21(32)13-36-22(33)10-5-11-30-24(34)18-8-3-6-17-7-4-9-19(23(17)18)25(30)35/h3-4,6-9,12H,5,10-11,13-14H2,1-2H3. The molecule has 2 heterocycles. The van der Waals surface area contributed by atoms with E-state index < -0.39 is 42.9 Å². The van der Waals surface area contributed by atoms with Crippen LogP contribution in [0, 0.1) is 13.8 Å². The lowest BCUT2D eigenvalue weighted by molar-refractivity contribution is -0.142. The van der Waals surface area contributed by atoms with Crippen LogP contribution in [0.2, 0.25) is 0 Å². The number of rotatable bonds is 8. The van der Waals surface area contributed by atoms with Gasteiger partial charge in [0.1, 0.15) is 6.54 Å². The molecule has 188 valence electrons. The smallest absolute Gasteiger partial charge is 0.406 e. The van der Waals surface area contributed by atoms with Gasteiger partial charge in [0.25, 0.3) is 11.8 Å². The molecule has 4 rings (SSSR count). The number of aryl methyl sites for hydroxylation is 1. The van der Waals surface area contributed by atoms with Crippen molar-refractivity contribution in [2.24, 2.45) is 0 Å². The van der Waals surface area contributed by atoms with Crippen molar-refractivity contribution >= 4 is 34.3 Å². The molecule has 0 bridgehead atoms. The minimum absolute atomic E-state index is 0.00989. The Balaban J connectivity index is 1.32. The summed E-state index contributed by atoms with van der Waals surface area (Å²) < 4.78 is 44.3. The van der Waals surface area contributed by atoms with Crippen molar-refractivity contribution in [1.29, 1.82) is 0 Å². The molecule has 0 saturated carbocycles. The summed E-state index contributed by atoms with van der Waals surface area (Å²) in [5, 5.41) is 1.40. The maximum absolute atomic E-state index is 12.9. The summed E-state index contributed by atoms with van der Waals surface area (Å²) in [6.07, 6.45) is -4.46. The molecule has 36 heavy (non-hydrogen) atoms. The fraction of sp³-hybridized carbons (Fsp3) is 0.308. The number of carbonyl (C=O) groups excluding carboxylic acids is 4. The summed E-state index contributed by atoms with van der Waals surface area (Å²) in [6.45, 7) is 1.02. The predicted octanol–water partition coefficient (Wildman–Crippen LogP) is 4.62. The number of alkyl halides is 3. The van der Waals surface area contributed by atoms with E-state index in [1.165, 1.54) is 19.9 Å². The number of Topliss-reactive ketones (excluding diaryl/α,β-unsaturated/α-hetero) is 1. The molecule has 3 aromatic rings. The Hall–Kier alpha value is -3.95. The molecule has 0 spiro atoms. The quantitative estimate of drug-likeness (QED) is 0.256. The number of benzene rings is 2. The van der Waals surface area contributed by atoms with Gasteiger partial charge in [-0.25, -0.2) is 0 Å². The van der Waals surface area contributed by atoms with Gasteiger partial charge in [0, 0.05) is 46.4 Å². The molecule has 2 amide bonds. The zero-order valence-corrected chi connectivity index (χ0v) is 19.6. The highest BCUT2D eigenvalue weighted by atomic mass is 19.4. The number of amides is 2. The van der Waals surface area contributed by atoms with Crippen molar-refractivity contribution in [3.8, 4) is 0 Å². The maximum atomic E-state index is 12.9. The molecule has 0 fully saturated rings. The largest absolute Gasteiger partial charge is 0.457 e. The van der Waals surface area contributed by atoms with Crippen molar-refractivity contribution in [3.05, 3.63) is 70.5 Å². The first-order chi connectivity index (χ1) is 17.0. The molecular formula is C26H23F3N2O5. The van der Waals surface area contributed by atoms with Crippen LogP contribution in [0.25, 0.3) is 10.8 Å². The lowest BCUT2D eigenvalue weighted by atomic mass is 9.94. The van der Waals surface area contributed by atoms with Crippen LogP contribution in [0.3, 0.4) is 0 Å². The van der Waals surface area contributed by atoms with Gasteiger partial charge in [0.15, 0.2) is 6.61 Å². The molecule has 1 aliphatic heterocycles. The van der Waals surface area contributed by atoms with E-state index in [9.17, 15) is 32.3 Å². The third-order valence-corrected chi connectivity index (χ3v) is 6.19. The Morgan fingerprint density at radius 1 is 0.972 bits per heavy atom. The zero-order chi connectivity index (χ0) is 26.2. The highest BCUT2D eigenvalue weighted by Gasteiger charge is 2.33. The minimum atomic E-state index is -4.44. The number of ether oxygens (including phenoxy) is 1. The molecule has 1 aliphatic rings. The summed E-state index contributed by atoms with van der Waals surface area (Å²) in [5.41, 5.74) is 1.30. The monoisotopic (exact) mass is 500 g/mol. The molecule has 0 N–H and O–H groups in total. The third kappa shape index (κ3) is 4.89. The van der Waals surface area contributed by atoms with E-state index in [1.807, 2.05) is 12.1 Å². The molecule has 0 atom stereocenters. The third-order valence-electron chi connectivity index (χ3n) is 6.19. The minimum Gasteiger partial charge on any atom is -0.457 e. The van der Waals surface area contributed by atoms with E-state index in [0.717, 1.165) is 14.9 Å². The molecule has 7 nitrogen and oxygen atoms in total. The average Bonchev–Trinajstić information content (AvgIpc) is 3.10. The normalized spacial score (nSPS) is 13.4. The van der Waals surface area contributed by atoms with E-state index in [4.69, 9.17) is 4.74 Å². The molecule has 1 aromatic heterocycles. The second-order valence-corrected chi connectivity index (χ2v) is 8.64. The van der Waals surface area contributed by atoms with Crippen LogP contribution in [0.4, 0.5) is 13.2 Å². The molecular weight excluding hydrogens is 477 g/mol. The van der Waals surface area contributed by atoms with E-state index >= 15 is 0 Å². The van der Waals surface area contributed by atoms with E-state index in [-0.39, 0.29) is 36.3 Å². The number of ketones is 1. The van der Waals surface area contributed by atoms with Crippen molar-refractivity contribution in [2.45, 2.75) is 39.4 Å². The van der Waals surface area contributed by atoms with Crippen molar-refractivity contribution in [1.82, 2.24) is 9.47 Å². The van der Waals surface area contributed by atoms with Crippen LogP contribution in [-0.2, 0) is 16.1 Å². The molecule has 0 unspecified atom stereocenters.